The minimum Gasteiger partial charge on any atom is -0.303 e. The van der Waals surface area contributed by atoms with Gasteiger partial charge >= 0.3 is 0 Å². The second-order valence-electron chi connectivity index (χ2n) is 8.01. The van der Waals surface area contributed by atoms with E-state index in [1.807, 2.05) is 0 Å². The van der Waals surface area contributed by atoms with Gasteiger partial charge in [-0.3, -0.25) is 5.32 Å². The molecule has 1 heterocycles. The third-order valence-electron chi connectivity index (χ3n) is 6.08. The van der Waals surface area contributed by atoms with E-state index in [2.05, 4.69) is 23.2 Å². The summed E-state index contributed by atoms with van der Waals surface area (Å²) in [7, 11) is 0. The Labute approximate surface area is 130 Å². The largest absolute Gasteiger partial charge is 0.303 e. The van der Waals surface area contributed by atoms with Crippen LogP contribution in [0.25, 0.3) is 0 Å². The minimum atomic E-state index is -0.302. The molecule has 2 saturated carbocycles. The Hall–Kier alpha value is -0.590. The van der Waals surface area contributed by atoms with Gasteiger partial charge in [0.2, 0.25) is 0 Å². The van der Waals surface area contributed by atoms with E-state index in [-0.39, 0.29) is 5.54 Å². The van der Waals surface area contributed by atoms with Crippen molar-refractivity contribution in [2.24, 2.45) is 5.41 Å². The van der Waals surface area contributed by atoms with Crippen molar-refractivity contribution in [2.75, 3.05) is 19.6 Å². The number of nitriles is 1. The number of hydrogen-bond donors (Lipinski definition) is 1. The van der Waals surface area contributed by atoms with Gasteiger partial charge in [0.15, 0.2) is 0 Å². The number of rotatable bonds is 6. The second-order valence-corrected chi connectivity index (χ2v) is 8.01. The van der Waals surface area contributed by atoms with Crippen LogP contribution in [0.1, 0.15) is 71.1 Å². The van der Waals surface area contributed by atoms with Crippen LogP contribution < -0.4 is 5.32 Å². The highest BCUT2D eigenvalue weighted by Crippen LogP contribution is 2.46. The molecular weight excluding hydrogens is 258 g/mol. The van der Waals surface area contributed by atoms with Gasteiger partial charge < -0.3 is 4.90 Å². The Morgan fingerprint density at radius 3 is 2.43 bits per heavy atom. The first-order valence-corrected chi connectivity index (χ1v) is 9.05. The van der Waals surface area contributed by atoms with Crippen LogP contribution in [0.15, 0.2) is 0 Å². The normalized spacial score (nSPS) is 28.4. The molecule has 2 aliphatic carbocycles. The molecule has 1 saturated heterocycles. The van der Waals surface area contributed by atoms with Crippen molar-refractivity contribution < 1.29 is 0 Å². The Kier molecular flexibility index (Phi) is 4.57. The smallest absolute Gasteiger partial charge is 0.104 e. The minimum absolute atomic E-state index is 0.302. The molecule has 0 radical (unpaired) electrons. The fourth-order valence-corrected chi connectivity index (χ4v) is 4.37. The predicted molar refractivity (Wildman–Crippen MR) is 86.0 cm³/mol. The topological polar surface area (TPSA) is 39.1 Å². The van der Waals surface area contributed by atoms with E-state index in [4.69, 9.17) is 0 Å². The van der Waals surface area contributed by atoms with E-state index in [9.17, 15) is 5.26 Å². The van der Waals surface area contributed by atoms with Gasteiger partial charge in [0.25, 0.3) is 0 Å². The average molecular weight is 289 g/mol. The first-order chi connectivity index (χ1) is 10.1. The summed E-state index contributed by atoms with van der Waals surface area (Å²) >= 11 is 0. The molecule has 3 aliphatic rings. The molecule has 1 unspecified atom stereocenters. The lowest BCUT2D eigenvalue weighted by Gasteiger charge is -2.39. The molecular formula is C18H31N3. The molecule has 1 aliphatic heterocycles. The van der Waals surface area contributed by atoms with Crippen LogP contribution >= 0.6 is 0 Å². The zero-order valence-corrected chi connectivity index (χ0v) is 13.7. The van der Waals surface area contributed by atoms with Gasteiger partial charge in [-0.25, -0.2) is 0 Å². The van der Waals surface area contributed by atoms with Gasteiger partial charge in [0.1, 0.15) is 5.54 Å². The first kappa shape index (κ1) is 15.3. The number of nitrogens with one attached hydrogen (secondary N) is 1. The lowest BCUT2D eigenvalue weighted by atomic mass is 9.77. The van der Waals surface area contributed by atoms with Crippen LogP contribution in [0, 0.1) is 16.7 Å². The molecule has 0 aromatic heterocycles. The zero-order chi connectivity index (χ0) is 14.8. The van der Waals surface area contributed by atoms with Gasteiger partial charge in [-0.1, -0.05) is 12.8 Å². The summed E-state index contributed by atoms with van der Waals surface area (Å²) in [4.78, 5) is 2.64. The van der Waals surface area contributed by atoms with E-state index in [1.165, 1.54) is 71.0 Å². The van der Waals surface area contributed by atoms with E-state index in [0.717, 1.165) is 18.3 Å². The van der Waals surface area contributed by atoms with Crippen LogP contribution in [-0.4, -0.2) is 36.1 Å². The maximum Gasteiger partial charge on any atom is 0.104 e. The molecule has 118 valence electrons. The molecule has 0 bridgehead atoms. The molecule has 1 spiro atoms. The molecule has 3 heteroatoms. The third-order valence-corrected chi connectivity index (χ3v) is 6.08. The van der Waals surface area contributed by atoms with Gasteiger partial charge in [-0.15, -0.1) is 0 Å². The predicted octanol–water partition coefficient (Wildman–Crippen LogP) is 3.46. The number of likely N-dealkylation sites (tertiary alicyclic amines) is 1. The Morgan fingerprint density at radius 2 is 1.86 bits per heavy atom. The summed E-state index contributed by atoms with van der Waals surface area (Å²) in [6.07, 6.45) is 13.4. The van der Waals surface area contributed by atoms with Crippen molar-refractivity contribution in [3.8, 4) is 6.07 Å². The van der Waals surface area contributed by atoms with E-state index in [0.29, 0.717) is 6.04 Å². The van der Waals surface area contributed by atoms with Crippen LogP contribution in [0.3, 0.4) is 0 Å². The van der Waals surface area contributed by atoms with Crippen molar-refractivity contribution in [2.45, 2.75) is 82.7 Å². The Morgan fingerprint density at radius 1 is 1.19 bits per heavy atom. The van der Waals surface area contributed by atoms with E-state index >= 15 is 0 Å². The molecule has 3 fully saturated rings. The summed E-state index contributed by atoms with van der Waals surface area (Å²) in [5.41, 5.74) is 0.425. The molecule has 1 N–H and O–H groups in total. The highest BCUT2D eigenvalue weighted by molar-refractivity contribution is 5.07. The standard InChI is InChI=1S/C18H31N3/c1-17(15-19,20-16-5-6-16)7-4-12-21-13-10-18(11-14-21)8-2-3-9-18/h16,20H,2-14H2,1H3. The van der Waals surface area contributed by atoms with Crippen molar-refractivity contribution in [1.82, 2.24) is 10.2 Å². The number of hydrogen-bond acceptors (Lipinski definition) is 3. The lowest BCUT2D eigenvalue weighted by Crippen LogP contribution is -2.44. The van der Waals surface area contributed by atoms with Gasteiger partial charge in [0, 0.05) is 6.04 Å². The average Bonchev–Trinajstić information content (AvgIpc) is 3.18. The second kappa shape index (κ2) is 6.26. The van der Waals surface area contributed by atoms with Crippen LogP contribution in [0.5, 0.6) is 0 Å². The fraction of sp³-hybridized carbons (Fsp3) is 0.944. The van der Waals surface area contributed by atoms with Crippen molar-refractivity contribution in [3.63, 3.8) is 0 Å². The first-order valence-electron chi connectivity index (χ1n) is 9.05. The molecule has 21 heavy (non-hydrogen) atoms. The number of nitrogens with zero attached hydrogens (tertiary/aromatic N) is 2. The summed E-state index contributed by atoms with van der Waals surface area (Å²) in [6, 6.07) is 3.11. The Bertz CT molecular complexity index is 380. The van der Waals surface area contributed by atoms with E-state index in [1.54, 1.807) is 0 Å². The summed E-state index contributed by atoms with van der Waals surface area (Å²) in [5, 5.41) is 12.9. The number of piperidine rings is 1. The summed E-state index contributed by atoms with van der Waals surface area (Å²) in [6.45, 7) is 5.84. The molecule has 0 aromatic rings. The van der Waals surface area contributed by atoms with Gasteiger partial charge in [-0.05, 0) is 83.3 Å². The molecule has 0 aromatic carbocycles. The molecule has 1 atom stereocenters. The van der Waals surface area contributed by atoms with Crippen molar-refractivity contribution in [1.29, 1.82) is 5.26 Å². The fourth-order valence-electron chi connectivity index (χ4n) is 4.37. The molecule has 3 nitrogen and oxygen atoms in total. The quantitative estimate of drug-likeness (QED) is 0.814. The Balaban J connectivity index is 1.37. The SMILES string of the molecule is CC(C#N)(CCCN1CCC2(CCCC2)CC1)NC1CC1. The van der Waals surface area contributed by atoms with Gasteiger partial charge in [0.05, 0.1) is 6.07 Å². The summed E-state index contributed by atoms with van der Waals surface area (Å²) < 4.78 is 0. The van der Waals surface area contributed by atoms with Gasteiger partial charge in [-0.2, -0.15) is 5.26 Å². The van der Waals surface area contributed by atoms with E-state index < -0.39 is 0 Å². The highest BCUT2D eigenvalue weighted by atomic mass is 15.1. The zero-order valence-electron chi connectivity index (χ0n) is 13.7. The summed E-state index contributed by atoms with van der Waals surface area (Å²) in [5.74, 6) is 0. The molecule has 3 rings (SSSR count). The van der Waals surface area contributed by atoms with Crippen molar-refractivity contribution in [3.05, 3.63) is 0 Å². The van der Waals surface area contributed by atoms with Crippen LogP contribution in [0.2, 0.25) is 0 Å². The third kappa shape index (κ3) is 3.99. The highest BCUT2D eigenvalue weighted by Gasteiger charge is 2.37. The van der Waals surface area contributed by atoms with Crippen LogP contribution in [0.4, 0.5) is 0 Å². The maximum atomic E-state index is 9.41. The lowest BCUT2D eigenvalue weighted by molar-refractivity contribution is 0.106. The molecule has 0 amide bonds. The van der Waals surface area contributed by atoms with Crippen LogP contribution in [-0.2, 0) is 0 Å². The van der Waals surface area contributed by atoms with Crippen molar-refractivity contribution >= 4 is 0 Å². The maximum absolute atomic E-state index is 9.41. The monoisotopic (exact) mass is 289 g/mol.